The third-order valence-electron chi connectivity index (χ3n) is 3.08. The third kappa shape index (κ3) is 1.17. The van der Waals surface area contributed by atoms with Gasteiger partial charge in [0, 0.05) is 0 Å². The van der Waals surface area contributed by atoms with Gasteiger partial charge in [-0.3, -0.25) is 4.79 Å². The molecule has 0 aromatic rings. The van der Waals surface area contributed by atoms with E-state index in [1.165, 1.54) is 0 Å². The molecule has 0 heterocycles. The highest BCUT2D eigenvalue weighted by Crippen LogP contribution is 2.74. The molecule has 0 aliphatic heterocycles. The molecule has 2 aliphatic carbocycles. The first-order valence-electron chi connectivity index (χ1n) is 4.15. The summed E-state index contributed by atoms with van der Waals surface area (Å²) < 4.78 is -1.75. The minimum absolute atomic E-state index is 0.0216. The van der Waals surface area contributed by atoms with E-state index in [9.17, 15) is 4.79 Å². The molecule has 1 fully saturated rings. The van der Waals surface area contributed by atoms with Gasteiger partial charge in [0.05, 0.1) is 16.0 Å². The molecule has 3 atom stereocenters. The van der Waals surface area contributed by atoms with Crippen molar-refractivity contribution < 1.29 is 9.90 Å². The van der Waals surface area contributed by atoms with Crippen LogP contribution in [0.15, 0.2) is 10.1 Å². The molecule has 1 saturated carbocycles. The lowest BCUT2D eigenvalue weighted by atomic mass is 9.92. The Morgan fingerprint density at radius 3 is 2.00 bits per heavy atom. The predicted molar refractivity (Wildman–Crippen MR) is 66.1 cm³/mol. The molecule has 0 amide bonds. The Morgan fingerprint density at radius 2 is 1.69 bits per heavy atom. The number of hydrogen-bond donors (Lipinski definition) is 1. The number of aliphatic carboxylic acids is 1. The molecule has 0 spiro atoms. The Morgan fingerprint density at radius 1 is 1.19 bits per heavy atom. The highest BCUT2D eigenvalue weighted by atomic mass is 35.5. The van der Waals surface area contributed by atoms with Crippen LogP contribution in [0.2, 0.25) is 0 Å². The minimum atomic E-state index is -1.75. The molecule has 90 valence electrons. The Balaban J connectivity index is 2.69. The van der Waals surface area contributed by atoms with E-state index in [1.807, 2.05) is 0 Å². The fraction of sp³-hybridized carbons (Fsp3) is 0.625. The second-order valence-electron chi connectivity index (χ2n) is 3.81. The van der Waals surface area contributed by atoms with Crippen LogP contribution in [0.3, 0.4) is 0 Å². The minimum Gasteiger partial charge on any atom is -0.481 e. The quantitative estimate of drug-likeness (QED) is 0.732. The number of allylic oxidation sites excluding steroid dienone is 2. The zero-order valence-corrected chi connectivity index (χ0v) is 11.9. The van der Waals surface area contributed by atoms with Gasteiger partial charge in [0.25, 0.3) is 0 Å². The van der Waals surface area contributed by atoms with Gasteiger partial charge >= 0.3 is 5.97 Å². The van der Waals surface area contributed by atoms with Crippen LogP contribution in [0.4, 0.5) is 0 Å². The predicted octanol–water partition coefficient (Wildman–Crippen LogP) is 3.92. The SMILES string of the molecule is O=C(O)[C@H]1C[C@]2(Cl)C(Cl)=C(Cl)[C@]1(Cl)C2(Cl)Cl. The molecule has 2 aliphatic rings. The molecule has 0 aromatic carbocycles. The average molecular weight is 345 g/mol. The molecule has 0 aromatic heterocycles. The van der Waals surface area contributed by atoms with Crippen LogP contribution in [0.1, 0.15) is 6.42 Å². The Hall–Kier alpha value is 0.950. The van der Waals surface area contributed by atoms with Crippen molar-refractivity contribution >= 4 is 75.6 Å². The van der Waals surface area contributed by atoms with Crippen LogP contribution in [-0.2, 0) is 4.79 Å². The Kier molecular flexibility index (Phi) is 2.92. The van der Waals surface area contributed by atoms with Gasteiger partial charge in [0.15, 0.2) is 4.33 Å². The number of carboxylic acids is 1. The van der Waals surface area contributed by atoms with E-state index in [0.29, 0.717) is 0 Å². The number of fused-ring (bicyclic) bond motifs is 2. The van der Waals surface area contributed by atoms with Crippen molar-refractivity contribution in [3.05, 3.63) is 10.1 Å². The highest BCUT2D eigenvalue weighted by molar-refractivity contribution is 6.65. The molecule has 0 radical (unpaired) electrons. The molecule has 1 N–H and O–H groups in total. The maximum Gasteiger partial charge on any atom is 0.308 e. The van der Waals surface area contributed by atoms with Gasteiger partial charge < -0.3 is 5.11 Å². The standard InChI is InChI=1S/C8H4Cl6O2/c9-3-4(10)7(12)2(5(15)16)1-6(3,11)8(7,13)14/h2H,1H2,(H,15,16)/t2-,6+,7+/m1/s1. The van der Waals surface area contributed by atoms with Crippen LogP contribution in [0.5, 0.6) is 0 Å². The largest absolute Gasteiger partial charge is 0.481 e. The van der Waals surface area contributed by atoms with E-state index < -0.39 is 26.0 Å². The fourth-order valence-electron chi connectivity index (χ4n) is 2.17. The number of carboxylic acid groups (broad SMARTS) is 1. The summed E-state index contributed by atoms with van der Waals surface area (Å²) in [4.78, 5) is 7.97. The maximum atomic E-state index is 11.1. The molecular weight excluding hydrogens is 341 g/mol. The Labute approximate surface area is 121 Å². The fourth-order valence-corrected chi connectivity index (χ4v) is 4.93. The summed E-state index contributed by atoms with van der Waals surface area (Å²) in [6.45, 7) is 0. The lowest BCUT2D eigenvalue weighted by Gasteiger charge is -2.32. The summed E-state index contributed by atoms with van der Waals surface area (Å²) in [5.74, 6) is -2.23. The summed E-state index contributed by atoms with van der Waals surface area (Å²) in [5.41, 5.74) is 0. The number of hydrogen-bond acceptors (Lipinski definition) is 1. The first kappa shape index (κ1) is 13.4. The smallest absolute Gasteiger partial charge is 0.308 e. The van der Waals surface area contributed by atoms with E-state index in [0.717, 1.165) is 0 Å². The van der Waals surface area contributed by atoms with E-state index in [2.05, 4.69) is 0 Å². The van der Waals surface area contributed by atoms with Gasteiger partial charge in [-0.1, -0.05) is 46.4 Å². The second kappa shape index (κ2) is 3.49. The van der Waals surface area contributed by atoms with Crippen LogP contribution in [0.25, 0.3) is 0 Å². The van der Waals surface area contributed by atoms with Crippen LogP contribution in [0, 0.1) is 5.92 Å². The summed E-state index contributed by atoms with van der Waals surface area (Å²) in [5, 5.41) is 9.00. The van der Waals surface area contributed by atoms with Gasteiger partial charge in [-0.15, -0.1) is 23.2 Å². The number of alkyl halides is 4. The molecule has 0 saturated heterocycles. The molecule has 2 bridgehead atoms. The lowest BCUT2D eigenvalue weighted by molar-refractivity contribution is -0.142. The van der Waals surface area contributed by atoms with Gasteiger partial charge in [-0.2, -0.15) is 0 Å². The van der Waals surface area contributed by atoms with E-state index >= 15 is 0 Å². The highest BCUT2D eigenvalue weighted by Gasteiger charge is 2.79. The van der Waals surface area contributed by atoms with Crippen molar-refractivity contribution in [2.24, 2.45) is 5.92 Å². The second-order valence-corrected chi connectivity index (χ2v) is 7.13. The van der Waals surface area contributed by atoms with Crippen LogP contribution < -0.4 is 0 Å². The van der Waals surface area contributed by atoms with Gasteiger partial charge in [-0.25, -0.2) is 0 Å². The van der Waals surface area contributed by atoms with Crippen LogP contribution in [-0.4, -0.2) is 25.2 Å². The van der Waals surface area contributed by atoms with E-state index in [1.54, 1.807) is 0 Å². The first-order valence-corrected chi connectivity index (χ1v) is 6.42. The maximum absolute atomic E-state index is 11.1. The van der Waals surface area contributed by atoms with Crippen molar-refractivity contribution in [3.8, 4) is 0 Å². The van der Waals surface area contributed by atoms with Crippen molar-refractivity contribution in [3.63, 3.8) is 0 Å². The summed E-state index contributed by atoms with van der Waals surface area (Å²) >= 11 is 36.3. The van der Waals surface area contributed by atoms with Gasteiger partial charge in [0.1, 0.15) is 9.75 Å². The third-order valence-corrected chi connectivity index (χ3v) is 7.36. The normalized spacial score (nSPS) is 45.2. The zero-order valence-electron chi connectivity index (χ0n) is 7.41. The van der Waals surface area contributed by atoms with Crippen molar-refractivity contribution in [2.75, 3.05) is 0 Å². The molecule has 0 unspecified atom stereocenters. The van der Waals surface area contributed by atoms with E-state index in [-0.39, 0.29) is 16.5 Å². The summed E-state index contributed by atoms with van der Waals surface area (Å²) in [6, 6.07) is 0. The lowest BCUT2D eigenvalue weighted by Crippen LogP contribution is -2.45. The number of rotatable bonds is 1. The molecule has 2 nitrogen and oxygen atoms in total. The van der Waals surface area contributed by atoms with Crippen molar-refractivity contribution in [1.29, 1.82) is 0 Å². The van der Waals surface area contributed by atoms with Crippen molar-refractivity contribution in [1.82, 2.24) is 0 Å². The number of halogens is 6. The average Bonchev–Trinajstić information content (AvgIpc) is 2.39. The van der Waals surface area contributed by atoms with E-state index in [4.69, 9.17) is 74.7 Å². The zero-order chi connectivity index (χ0) is 12.5. The van der Waals surface area contributed by atoms with Gasteiger partial charge in [0.2, 0.25) is 0 Å². The molecule has 2 rings (SSSR count). The molecule has 16 heavy (non-hydrogen) atoms. The first-order chi connectivity index (χ1) is 7.10. The summed E-state index contributed by atoms with van der Waals surface area (Å²) in [7, 11) is 0. The monoisotopic (exact) mass is 342 g/mol. The Bertz CT molecular complexity index is 419. The molecular formula is C8H4Cl6O2. The van der Waals surface area contributed by atoms with Gasteiger partial charge in [-0.05, 0) is 6.42 Å². The topological polar surface area (TPSA) is 37.3 Å². The molecule has 8 heteroatoms. The van der Waals surface area contributed by atoms with Crippen molar-refractivity contribution in [2.45, 2.75) is 20.5 Å². The van der Waals surface area contributed by atoms with Crippen LogP contribution >= 0.6 is 69.6 Å². The summed E-state index contributed by atoms with van der Waals surface area (Å²) in [6.07, 6.45) is -0.0601. The number of carbonyl (C=O) groups is 1.